The highest BCUT2D eigenvalue weighted by Crippen LogP contribution is 2.32. The molecular formula is C19H17N5O4. The Balaban J connectivity index is 1.46. The van der Waals surface area contributed by atoms with Gasteiger partial charge in [0.05, 0.1) is 24.6 Å². The van der Waals surface area contributed by atoms with Gasteiger partial charge >= 0.3 is 5.97 Å². The molecular weight excluding hydrogens is 362 g/mol. The number of nitrogens with one attached hydrogen (secondary N) is 2. The van der Waals surface area contributed by atoms with E-state index in [9.17, 15) is 4.79 Å². The summed E-state index contributed by atoms with van der Waals surface area (Å²) < 4.78 is 15.5. The number of anilines is 3. The average Bonchev–Trinajstić information content (AvgIpc) is 3.20. The van der Waals surface area contributed by atoms with Crippen molar-refractivity contribution in [1.82, 2.24) is 15.2 Å². The Morgan fingerprint density at radius 3 is 2.93 bits per heavy atom. The number of nitrogens with zero attached hydrogens (tertiary/aromatic N) is 3. The molecule has 0 saturated heterocycles. The lowest BCUT2D eigenvalue weighted by molar-refractivity contribution is 0.0602. The zero-order valence-corrected chi connectivity index (χ0v) is 15.0. The van der Waals surface area contributed by atoms with Gasteiger partial charge in [-0.25, -0.2) is 4.79 Å². The molecule has 0 fully saturated rings. The standard InChI is InChI=1S/C19H17N5O4/c1-26-18(25)13-4-2-3-5-14(13)22-19-23-17(10-21-24-19)20-9-12-6-7-15-16(8-12)28-11-27-15/h2-8,10H,9,11H2,1H3,(H2,20,22,23,24). The van der Waals surface area contributed by atoms with Gasteiger partial charge in [0, 0.05) is 6.54 Å². The Kier molecular flexibility index (Phi) is 4.87. The molecule has 0 unspecified atom stereocenters. The Bertz CT molecular complexity index is 1010. The quantitative estimate of drug-likeness (QED) is 0.625. The van der Waals surface area contributed by atoms with Gasteiger partial charge in [-0.05, 0) is 29.8 Å². The lowest BCUT2D eigenvalue weighted by Gasteiger charge is -2.10. The first-order valence-electron chi connectivity index (χ1n) is 8.49. The maximum absolute atomic E-state index is 11.9. The highest BCUT2D eigenvalue weighted by molar-refractivity contribution is 5.96. The second-order valence-corrected chi connectivity index (χ2v) is 5.87. The number of esters is 1. The summed E-state index contributed by atoms with van der Waals surface area (Å²) in [5.41, 5.74) is 1.92. The minimum absolute atomic E-state index is 0.240. The summed E-state index contributed by atoms with van der Waals surface area (Å²) >= 11 is 0. The molecule has 0 aliphatic carbocycles. The van der Waals surface area contributed by atoms with Crippen LogP contribution in [0.3, 0.4) is 0 Å². The third kappa shape index (κ3) is 3.78. The summed E-state index contributed by atoms with van der Waals surface area (Å²) in [7, 11) is 1.33. The highest BCUT2D eigenvalue weighted by atomic mass is 16.7. The van der Waals surface area contributed by atoms with Crippen molar-refractivity contribution in [2.24, 2.45) is 0 Å². The van der Waals surface area contributed by atoms with E-state index in [0.717, 1.165) is 17.1 Å². The van der Waals surface area contributed by atoms with Crippen molar-refractivity contribution in [3.05, 3.63) is 59.8 Å². The second kappa shape index (κ2) is 7.78. The lowest BCUT2D eigenvalue weighted by atomic mass is 10.2. The summed E-state index contributed by atoms with van der Waals surface area (Å²) in [5, 5.41) is 14.1. The van der Waals surface area contributed by atoms with E-state index in [1.165, 1.54) is 13.3 Å². The molecule has 0 radical (unpaired) electrons. The summed E-state index contributed by atoms with van der Waals surface area (Å²) in [4.78, 5) is 16.3. The fraction of sp³-hybridized carbons (Fsp3) is 0.158. The number of carbonyl (C=O) groups excluding carboxylic acids is 1. The monoisotopic (exact) mass is 379 g/mol. The molecule has 1 aliphatic heterocycles. The van der Waals surface area contributed by atoms with Crippen LogP contribution in [-0.4, -0.2) is 35.1 Å². The number of benzene rings is 2. The topological polar surface area (TPSA) is 107 Å². The van der Waals surface area contributed by atoms with Gasteiger partial charge in [0.2, 0.25) is 12.7 Å². The van der Waals surface area contributed by atoms with Crippen LogP contribution in [0.1, 0.15) is 15.9 Å². The molecule has 2 heterocycles. The number of ether oxygens (including phenoxy) is 3. The fourth-order valence-corrected chi connectivity index (χ4v) is 2.69. The number of fused-ring (bicyclic) bond motifs is 1. The summed E-state index contributed by atoms with van der Waals surface area (Å²) in [5.74, 6) is 1.80. The van der Waals surface area contributed by atoms with E-state index in [1.807, 2.05) is 18.2 Å². The number of rotatable bonds is 6. The molecule has 9 heteroatoms. The Labute approximate surface area is 160 Å². The smallest absolute Gasteiger partial charge is 0.339 e. The van der Waals surface area contributed by atoms with Gasteiger partial charge in [0.1, 0.15) is 0 Å². The maximum atomic E-state index is 11.9. The highest BCUT2D eigenvalue weighted by Gasteiger charge is 2.14. The van der Waals surface area contributed by atoms with Crippen molar-refractivity contribution in [2.45, 2.75) is 6.54 Å². The molecule has 0 amide bonds. The number of hydrogen-bond donors (Lipinski definition) is 2. The zero-order chi connectivity index (χ0) is 19.3. The average molecular weight is 379 g/mol. The molecule has 0 saturated carbocycles. The fourth-order valence-electron chi connectivity index (χ4n) is 2.69. The van der Waals surface area contributed by atoms with E-state index in [-0.39, 0.29) is 12.7 Å². The minimum atomic E-state index is -0.451. The van der Waals surface area contributed by atoms with Gasteiger partial charge in [-0.2, -0.15) is 10.1 Å². The molecule has 0 atom stereocenters. The van der Waals surface area contributed by atoms with Gasteiger partial charge in [-0.1, -0.05) is 18.2 Å². The first-order chi connectivity index (χ1) is 13.7. The molecule has 2 aromatic carbocycles. The molecule has 1 aromatic heterocycles. The Hall–Kier alpha value is -3.88. The summed E-state index contributed by atoms with van der Waals surface area (Å²) in [6.45, 7) is 0.762. The molecule has 0 spiro atoms. The van der Waals surface area contributed by atoms with E-state index in [0.29, 0.717) is 23.6 Å². The van der Waals surface area contributed by atoms with Crippen LogP contribution >= 0.6 is 0 Å². The molecule has 1 aliphatic rings. The van der Waals surface area contributed by atoms with Crippen LogP contribution in [0, 0.1) is 0 Å². The minimum Gasteiger partial charge on any atom is -0.465 e. The summed E-state index contributed by atoms with van der Waals surface area (Å²) in [6, 6.07) is 12.7. The molecule has 28 heavy (non-hydrogen) atoms. The third-order valence-electron chi connectivity index (χ3n) is 4.05. The largest absolute Gasteiger partial charge is 0.465 e. The van der Waals surface area contributed by atoms with Crippen LogP contribution in [0.25, 0.3) is 0 Å². The molecule has 9 nitrogen and oxygen atoms in total. The van der Waals surface area contributed by atoms with Crippen LogP contribution in [-0.2, 0) is 11.3 Å². The van der Waals surface area contributed by atoms with Crippen LogP contribution in [0.4, 0.5) is 17.5 Å². The molecule has 4 rings (SSSR count). The van der Waals surface area contributed by atoms with Gasteiger partial charge in [0.25, 0.3) is 0 Å². The van der Waals surface area contributed by atoms with E-state index in [2.05, 4.69) is 25.8 Å². The number of carbonyl (C=O) groups is 1. The van der Waals surface area contributed by atoms with E-state index < -0.39 is 5.97 Å². The van der Waals surface area contributed by atoms with Gasteiger partial charge in [-0.3, -0.25) is 0 Å². The van der Waals surface area contributed by atoms with Crippen molar-refractivity contribution >= 4 is 23.4 Å². The van der Waals surface area contributed by atoms with Crippen molar-refractivity contribution < 1.29 is 19.0 Å². The van der Waals surface area contributed by atoms with Crippen LogP contribution < -0.4 is 20.1 Å². The Morgan fingerprint density at radius 1 is 1.18 bits per heavy atom. The van der Waals surface area contributed by atoms with Gasteiger partial charge in [-0.15, -0.1) is 5.10 Å². The zero-order valence-electron chi connectivity index (χ0n) is 15.0. The molecule has 2 N–H and O–H groups in total. The molecule has 0 bridgehead atoms. The normalized spacial score (nSPS) is 11.8. The number of aromatic nitrogens is 3. The predicted molar refractivity (Wildman–Crippen MR) is 101 cm³/mol. The number of hydrogen-bond acceptors (Lipinski definition) is 9. The predicted octanol–water partition coefficient (Wildman–Crippen LogP) is 2.74. The van der Waals surface area contributed by atoms with Crippen molar-refractivity contribution in [3.8, 4) is 11.5 Å². The van der Waals surface area contributed by atoms with Crippen molar-refractivity contribution in [3.63, 3.8) is 0 Å². The third-order valence-corrected chi connectivity index (χ3v) is 4.05. The van der Waals surface area contributed by atoms with E-state index >= 15 is 0 Å². The van der Waals surface area contributed by atoms with Crippen molar-refractivity contribution in [1.29, 1.82) is 0 Å². The van der Waals surface area contributed by atoms with Crippen LogP contribution in [0.15, 0.2) is 48.7 Å². The summed E-state index contributed by atoms with van der Waals surface area (Å²) in [6.07, 6.45) is 1.52. The van der Waals surface area contributed by atoms with Crippen LogP contribution in [0.5, 0.6) is 11.5 Å². The Morgan fingerprint density at radius 2 is 2.04 bits per heavy atom. The lowest BCUT2D eigenvalue weighted by Crippen LogP contribution is -2.09. The maximum Gasteiger partial charge on any atom is 0.339 e. The molecule has 3 aromatic rings. The van der Waals surface area contributed by atoms with Gasteiger partial charge < -0.3 is 24.8 Å². The first-order valence-corrected chi connectivity index (χ1v) is 8.49. The SMILES string of the molecule is COC(=O)c1ccccc1Nc1nncc(NCc2ccc3c(c2)OCO3)n1. The first kappa shape index (κ1) is 17.5. The van der Waals surface area contributed by atoms with Gasteiger partial charge in [0.15, 0.2) is 17.3 Å². The van der Waals surface area contributed by atoms with Crippen molar-refractivity contribution in [2.75, 3.05) is 24.5 Å². The number of para-hydroxylation sites is 1. The van der Waals surface area contributed by atoms with Crippen LogP contribution in [0.2, 0.25) is 0 Å². The second-order valence-electron chi connectivity index (χ2n) is 5.87. The van der Waals surface area contributed by atoms with E-state index in [4.69, 9.17) is 14.2 Å². The van der Waals surface area contributed by atoms with E-state index in [1.54, 1.807) is 24.3 Å². The number of methoxy groups -OCH3 is 1. The molecule has 142 valence electrons.